The molecule has 1 aliphatic rings. The van der Waals surface area contributed by atoms with E-state index in [1.165, 1.54) is 16.7 Å². The quantitative estimate of drug-likeness (QED) is 0.642. The zero-order valence-corrected chi connectivity index (χ0v) is 17.7. The third-order valence-corrected chi connectivity index (χ3v) is 5.70. The number of amides is 1. The zero-order chi connectivity index (χ0) is 22.1. The number of nitrogens with zero attached hydrogens (tertiary/aromatic N) is 2. The maximum absolute atomic E-state index is 14.3. The van der Waals surface area contributed by atoms with Crippen molar-refractivity contribution >= 4 is 23.2 Å². The average Bonchev–Trinajstić information content (AvgIpc) is 2.84. The Morgan fingerprint density at radius 1 is 1.13 bits per heavy atom. The first-order chi connectivity index (χ1) is 14.8. The van der Waals surface area contributed by atoms with Crippen molar-refractivity contribution in [2.45, 2.75) is 25.3 Å². The molecule has 0 radical (unpaired) electrons. The Balaban J connectivity index is 1.96. The SMILES string of the molecule is Cn1cc2c(cc1=O)[C@H](CCCC(N)=O)N=C(c1ccc(Cl)cc1)c1cc(F)ccc1-2. The minimum Gasteiger partial charge on any atom is -0.370 e. The second-order valence-electron chi connectivity index (χ2n) is 7.64. The molecule has 0 spiro atoms. The summed E-state index contributed by atoms with van der Waals surface area (Å²) in [5.74, 6) is -0.760. The third kappa shape index (κ3) is 4.30. The molecule has 1 aromatic heterocycles. The smallest absolute Gasteiger partial charge is 0.250 e. The largest absolute Gasteiger partial charge is 0.370 e. The number of nitrogens with two attached hydrogens (primary N) is 1. The lowest BCUT2D eigenvalue weighted by Crippen LogP contribution is -2.18. The number of halogens is 2. The lowest BCUT2D eigenvalue weighted by atomic mass is 9.91. The molecule has 0 saturated heterocycles. The van der Waals surface area contributed by atoms with Gasteiger partial charge in [-0.2, -0.15) is 0 Å². The van der Waals surface area contributed by atoms with E-state index in [2.05, 4.69) is 0 Å². The molecule has 31 heavy (non-hydrogen) atoms. The molecule has 3 aromatic rings. The summed E-state index contributed by atoms with van der Waals surface area (Å²) >= 11 is 6.06. The molecule has 1 atom stereocenters. The van der Waals surface area contributed by atoms with Crippen molar-refractivity contribution in [3.05, 3.63) is 92.6 Å². The number of carbonyl (C=O) groups excluding carboxylic acids is 1. The Kier molecular flexibility index (Phi) is 5.74. The highest BCUT2D eigenvalue weighted by molar-refractivity contribution is 6.30. The Labute approximate surface area is 184 Å². The number of hydrogen-bond donors (Lipinski definition) is 1. The molecule has 2 aromatic carbocycles. The van der Waals surface area contributed by atoms with E-state index >= 15 is 0 Å². The maximum Gasteiger partial charge on any atom is 0.250 e. The van der Waals surface area contributed by atoms with E-state index in [0.29, 0.717) is 29.1 Å². The van der Waals surface area contributed by atoms with Gasteiger partial charge in [0.1, 0.15) is 5.82 Å². The number of aliphatic imine (C=N–C) groups is 1. The number of aromatic nitrogens is 1. The average molecular weight is 438 g/mol. The molecule has 1 amide bonds. The highest BCUT2D eigenvalue weighted by Gasteiger charge is 2.26. The van der Waals surface area contributed by atoms with Crippen LogP contribution in [-0.4, -0.2) is 16.2 Å². The molecular formula is C24H21ClFN3O2. The first-order valence-corrected chi connectivity index (χ1v) is 10.3. The standard InChI is InChI=1S/C24H21ClFN3O2/c1-29-13-20-17-10-9-16(26)11-19(17)24(14-5-7-15(25)8-6-14)28-21(3-2-4-22(27)30)18(20)12-23(29)31/h5-13,21H,2-4H2,1H3,(H2,27,30)/t21-/m0/s1. The van der Waals surface area contributed by atoms with Crippen LogP contribution in [0.4, 0.5) is 4.39 Å². The lowest BCUT2D eigenvalue weighted by molar-refractivity contribution is -0.118. The molecule has 0 saturated carbocycles. The van der Waals surface area contributed by atoms with Crippen LogP contribution in [0.5, 0.6) is 0 Å². The summed E-state index contributed by atoms with van der Waals surface area (Å²) in [6.07, 6.45) is 3.04. The summed E-state index contributed by atoms with van der Waals surface area (Å²) in [4.78, 5) is 28.7. The minimum atomic E-state index is -0.385. The van der Waals surface area contributed by atoms with E-state index in [1.807, 2.05) is 12.1 Å². The predicted molar refractivity (Wildman–Crippen MR) is 120 cm³/mol. The van der Waals surface area contributed by atoms with Crippen molar-refractivity contribution in [3.8, 4) is 11.1 Å². The second-order valence-corrected chi connectivity index (χ2v) is 8.08. The van der Waals surface area contributed by atoms with Gasteiger partial charge in [-0.15, -0.1) is 0 Å². The minimum absolute atomic E-state index is 0.160. The summed E-state index contributed by atoms with van der Waals surface area (Å²) in [6, 6.07) is 13.0. The van der Waals surface area contributed by atoms with Crippen molar-refractivity contribution in [1.29, 1.82) is 0 Å². The van der Waals surface area contributed by atoms with Crippen LogP contribution in [0.3, 0.4) is 0 Å². The summed E-state index contributed by atoms with van der Waals surface area (Å²) in [5.41, 5.74) is 9.55. The van der Waals surface area contributed by atoms with Gasteiger partial charge in [0.2, 0.25) is 5.91 Å². The third-order valence-electron chi connectivity index (χ3n) is 5.45. The molecular weight excluding hydrogens is 417 g/mol. The first kappa shape index (κ1) is 21.0. The number of fused-ring (bicyclic) bond motifs is 3. The van der Waals surface area contributed by atoms with Crippen LogP contribution in [0.15, 0.2) is 64.5 Å². The Bertz CT molecular complexity index is 1250. The Morgan fingerprint density at radius 3 is 2.58 bits per heavy atom. The number of primary amides is 1. The predicted octanol–water partition coefficient (Wildman–Crippen LogP) is 4.39. The van der Waals surface area contributed by atoms with Gasteiger partial charge in [-0.3, -0.25) is 14.6 Å². The lowest BCUT2D eigenvalue weighted by Gasteiger charge is -2.16. The van der Waals surface area contributed by atoms with Gasteiger partial charge in [-0.25, -0.2) is 4.39 Å². The highest BCUT2D eigenvalue weighted by Crippen LogP contribution is 2.39. The maximum atomic E-state index is 14.3. The monoisotopic (exact) mass is 437 g/mol. The van der Waals surface area contributed by atoms with Gasteiger partial charge in [0.15, 0.2) is 0 Å². The summed E-state index contributed by atoms with van der Waals surface area (Å²) < 4.78 is 15.8. The van der Waals surface area contributed by atoms with Gasteiger partial charge in [-0.05, 0) is 48.2 Å². The molecule has 4 rings (SSSR count). The molecule has 0 bridgehead atoms. The van der Waals surface area contributed by atoms with Crippen LogP contribution in [0.1, 0.15) is 42.0 Å². The van der Waals surface area contributed by atoms with Crippen LogP contribution in [0, 0.1) is 5.82 Å². The Hall–Kier alpha value is -3.25. The van der Waals surface area contributed by atoms with Crippen molar-refractivity contribution in [3.63, 3.8) is 0 Å². The van der Waals surface area contributed by atoms with Gasteiger partial charge >= 0.3 is 0 Å². The van der Waals surface area contributed by atoms with E-state index < -0.39 is 0 Å². The first-order valence-electron chi connectivity index (χ1n) is 9.96. The van der Waals surface area contributed by atoms with Crippen LogP contribution in [0.2, 0.25) is 5.02 Å². The second kappa shape index (κ2) is 8.47. The molecule has 0 unspecified atom stereocenters. The number of carbonyl (C=O) groups is 1. The zero-order valence-electron chi connectivity index (χ0n) is 16.9. The summed E-state index contributed by atoms with van der Waals surface area (Å²) in [7, 11) is 1.68. The van der Waals surface area contributed by atoms with Crippen LogP contribution in [0.25, 0.3) is 11.1 Å². The van der Waals surface area contributed by atoms with Crippen molar-refractivity contribution in [2.24, 2.45) is 17.8 Å². The number of benzene rings is 2. The van der Waals surface area contributed by atoms with Gasteiger partial charge < -0.3 is 10.3 Å². The molecule has 5 nitrogen and oxygen atoms in total. The number of pyridine rings is 1. The van der Waals surface area contributed by atoms with Crippen molar-refractivity contribution < 1.29 is 9.18 Å². The van der Waals surface area contributed by atoms with Gasteiger partial charge in [0, 0.05) is 47.4 Å². The van der Waals surface area contributed by atoms with E-state index in [4.69, 9.17) is 22.3 Å². The normalized spacial score (nSPS) is 14.9. The van der Waals surface area contributed by atoms with Gasteiger partial charge in [-0.1, -0.05) is 29.8 Å². The molecule has 2 heterocycles. The number of rotatable bonds is 5. The van der Waals surface area contributed by atoms with Crippen LogP contribution in [-0.2, 0) is 11.8 Å². The van der Waals surface area contributed by atoms with E-state index in [9.17, 15) is 14.0 Å². The van der Waals surface area contributed by atoms with Crippen molar-refractivity contribution in [2.75, 3.05) is 0 Å². The molecule has 158 valence electrons. The number of hydrogen-bond acceptors (Lipinski definition) is 3. The van der Waals surface area contributed by atoms with Crippen LogP contribution < -0.4 is 11.3 Å². The van der Waals surface area contributed by atoms with E-state index in [1.54, 1.807) is 37.5 Å². The van der Waals surface area contributed by atoms with Crippen molar-refractivity contribution in [1.82, 2.24) is 4.57 Å². The fraction of sp³-hybridized carbons (Fsp3) is 0.208. The molecule has 7 heteroatoms. The topological polar surface area (TPSA) is 77.5 Å². The molecule has 1 aliphatic heterocycles. The van der Waals surface area contributed by atoms with Gasteiger partial charge in [0.05, 0.1) is 11.8 Å². The fourth-order valence-corrected chi connectivity index (χ4v) is 4.04. The van der Waals surface area contributed by atoms with Crippen LogP contribution >= 0.6 is 11.6 Å². The summed E-state index contributed by atoms with van der Waals surface area (Å²) in [5, 5.41) is 0.585. The van der Waals surface area contributed by atoms with E-state index in [-0.39, 0.29) is 29.7 Å². The van der Waals surface area contributed by atoms with E-state index in [0.717, 1.165) is 22.3 Å². The highest BCUT2D eigenvalue weighted by atomic mass is 35.5. The van der Waals surface area contributed by atoms with Gasteiger partial charge in [0.25, 0.3) is 5.56 Å². The molecule has 0 aliphatic carbocycles. The summed E-state index contributed by atoms with van der Waals surface area (Å²) in [6.45, 7) is 0. The fourth-order valence-electron chi connectivity index (χ4n) is 3.91. The molecule has 2 N–H and O–H groups in total. The number of aryl methyl sites for hydroxylation is 1. The Morgan fingerprint density at radius 2 is 1.87 bits per heavy atom. The molecule has 0 fully saturated rings.